The molecule has 1 aliphatic rings. The van der Waals surface area contributed by atoms with Crippen molar-refractivity contribution >= 4 is 44.7 Å². The molecule has 0 saturated heterocycles. The van der Waals surface area contributed by atoms with Gasteiger partial charge >= 0.3 is 0 Å². The number of nitrogens with zero attached hydrogens (tertiary/aromatic N) is 2. The van der Waals surface area contributed by atoms with Gasteiger partial charge in [0.1, 0.15) is 10.2 Å². The van der Waals surface area contributed by atoms with Gasteiger partial charge < -0.3 is 5.32 Å². The lowest BCUT2D eigenvalue weighted by molar-refractivity contribution is 0.102. The van der Waals surface area contributed by atoms with E-state index in [1.54, 1.807) is 29.1 Å². The maximum absolute atomic E-state index is 13.1. The Balaban J connectivity index is 1.71. The van der Waals surface area contributed by atoms with Gasteiger partial charge in [-0.2, -0.15) is 0 Å². The van der Waals surface area contributed by atoms with Crippen molar-refractivity contribution in [1.82, 2.24) is 9.55 Å². The van der Waals surface area contributed by atoms with E-state index >= 15 is 0 Å². The average Bonchev–Trinajstić information content (AvgIpc) is 3.02. The van der Waals surface area contributed by atoms with E-state index in [1.165, 1.54) is 17.8 Å². The van der Waals surface area contributed by atoms with Gasteiger partial charge in [-0.3, -0.25) is 14.2 Å². The first kappa shape index (κ1) is 19.2. The Morgan fingerprint density at radius 1 is 1.25 bits per heavy atom. The van der Waals surface area contributed by atoms with Gasteiger partial charge in [0.05, 0.1) is 11.9 Å². The minimum atomic E-state index is -0.253. The zero-order valence-electron chi connectivity index (χ0n) is 15.9. The summed E-state index contributed by atoms with van der Waals surface area (Å²) in [6, 6.07) is 5.54. The second kappa shape index (κ2) is 7.68. The van der Waals surface area contributed by atoms with Crippen LogP contribution in [0, 0.1) is 13.8 Å². The summed E-state index contributed by atoms with van der Waals surface area (Å²) in [6.07, 6.45) is 7.17. The summed E-state index contributed by atoms with van der Waals surface area (Å²) in [5, 5.41) is 3.55. The van der Waals surface area contributed by atoms with Crippen molar-refractivity contribution in [2.24, 2.45) is 0 Å². The molecular weight excluding hydrogens is 394 g/mol. The first-order chi connectivity index (χ1) is 13.5. The Morgan fingerprint density at radius 2 is 2.00 bits per heavy atom. The number of halogens is 1. The van der Waals surface area contributed by atoms with Crippen LogP contribution in [0.1, 0.15) is 58.9 Å². The van der Waals surface area contributed by atoms with Crippen LogP contribution in [-0.4, -0.2) is 15.5 Å². The molecule has 28 heavy (non-hydrogen) atoms. The third kappa shape index (κ3) is 3.47. The van der Waals surface area contributed by atoms with Gasteiger partial charge in [0.25, 0.3) is 11.5 Å². The van der Waals surface area contributed by atoms with Crippen LogP contribution >= 0.6 is 22.9 Å². The van der Waals surface area contributed by atoms with Crippen molar-refractivity contribution < 1.29 is 4.79 Å². The molecule has 0 bridgehead atoms. The SMILES string of the molecule is Cc1cc(Cl)ccc1NC(=O)c1c(C)sc2c(=O)n(C3CCCCC3)cnc12. The lowest BCUT2D eigenvalue weighted by Crippen LogP contribution is -2.26. The predicted molar refractivity (Wildman–Crippen MR) is 115 cm³/mol. The van der Waals surface area contributed by atoms with Crippen LogP contribution in [0.2, 0.25) is 5.02 Å². The minimum Gasteiger partial charge on any atom is -0.322 e. The number of thiophene rings is 1. The molecule has 7 heteroatoms. The van der Waals surface area contributed by atoms with Crippen molar-refractivity contribution in [3.63, 3.8) is 0 Å². The number of rotatable bonds is 3. The van der Waals surface area contributed by atoms with Crippen LogP contribution in [0.15, 0.2) is 29.3 Å². The molecule has 5 nitrogen and oxygen atoms in total. The smallest absolute Gasteiger partial charge is 0.271 e. The average molecular weight is 416 g/mol. The molecule has 0 aliphatic heterocycles. The number of hydrogen-bond donors (Lipinski definition) is 1. The number of nitrogens with one attached hydrogen (secondary N) is 1. The third-order valence-electron chi connectivity index (χ3n) is 5.43. The van der Waals surface area contributed by atoms with Crippen LogP contribution in [0.4, 0.5) is 5.69 Å². The zero-order chi connectivity index (χ0) is 19.8. The van der Waals surface area contributed by atoms with Gasteiger partial charge in [0.2, 0.25) is 0 Å². The molecule has 2 aromatic heterocycles. The molecule has 3 aromatic rings. The number of aromatic nitrogens is 2. The van der Waals surface area contributed by atoms with Gasteiger partial charge in [0.15, 0.2) is 0 Å². The van der Waals surface area contributed by atoms with Gasteiger partial charge in [-0.05, 0) is 50.5 Å². The fourth-order valence-corrected chi connectivity index (χ4v) is 5.20. The maximum Gasteiger partial charge on any atom is 0.271 e. The van der Waals surface area contributed by atoms with Crippen molar-refractivity contribution in [3.05, 3.63) is 55.9 Å². The standard InChI is InChI=1S/C21H22ClN3O2S/c1-12-10-14(22)8-9-16(12)24-20(26)17-13(2)28-19-18(17)23-11-25(21(19)27)15-6-4-3-5-7-15/h8-11,15H,3-7H2,1-2H3,(H,24,26). The van der Waals surface area contributed by atoms with Gasteiger partial charge in [-0.15, -0.1) is 11.3 Å². The molecule has 4 rings (SSSR count). The highest BCUT2D eigenvalue weighted by Crippen LogP contribution is 2.31. The van der Waals surface area contributed by atoms with E-state index in [-0.39, 0.29) is 17.5 Å². The highest BCUT2D eigenvalue weighted by Gasteiger charge is 2.23. The van der Waals surface area contributed by atoms with Crippen molar-refractivity contribution in [2.75, 3.05) is 5.32 Å². The normalized spacial score (nSPS) is 15.1. The Hall–Kier alpha value is -2.18. The number of anilines is 1. The number of aryl methyl sites for hydroxylation is 2. The molecule has 1 fully saturated rings. The van der Waals surface area contributed by atoms with E-state index in [1.807, 2.05) is 13.8 Å². The second-order valence-electron chi connectivity index (χ2n) is 7.37. The number of benzene rings is 1. The van der Waals surface area contributed by atoms with Crippen molar-refractivity contribution in [2.45, 2.75) is 52.0 Å². The van der Waals surface area contributed by atoms with Gasteiger partial charge in [0, 0.05) is 21.6 Å². The predicted octanol–water partition coefficient (Wildman–Crippen LogP) is 5.49. The number of carbonyl (C=O) groups is 1. The quantitative estimate of drug-likeness (QED) is 0.615. The molecule has 0 spiro atoms. The van der Waals surface area contributed by atoms with Crippen molar-refractivity contribution in [3.8, 4) is 0 Å². The van der Waals surface area contributed by atoms with E-state index < -0.39 is 0 Å². The topological polar surface area (TPSA) is 64.0 Å². The highest BCUT2D eigenvalue weighted by molar-refractivity contribution is 7.19. The fourth-order valence-electron chi connectivity index (χ4n) is 3.93. The van der Waals surface area contributed by atoms with E-state index in [0.29, 0.717) is 26.5 Å². The molecular formula is C21H22ClN3O2S. The van der Waals surface area contributed by atoms with Crippen LogP contribution in [0.3, 0.4) is 0 Å². The summed E-state index contributed by atoms with van der Waals surface area (Å²) in [7, 11) is 0. The molecule has 0 radical (unpaired) electrons. The van der Waals surface area contributed by atoms with E-state index in [4.69, 9.17) is 11.6 Å². The van der Waals surface area contributed by atoms with Gasteiger partial charge in [-0.1, -0.05) is 30.9 Å². The second-order valence-corrected chi connectivity index (χ2v) is 9.03. The third-order valence-corrected chi connectivity index (χ3v) is 6.75. The first-order valence-electron chi connectivity index (χ1n) is 9.53. The molecule has 1 amide bonds. The number of hydrogen-bond acceptors (Lipinski definition) is 4. The zero-order valence-corrected chi connectivity index (χ0v) is 17.5. The molecule has 2 heterocycles. The van der Waals surface area contributed by atoms with Gasteiger partial charge in [-0.25, -0.2) is 4.98 Å². The van der Waals surface area contributed by atoms with Crippen molar-refractivity contribution in [1.29, 1.82) is 0 Å². The summed E-state index contributed by atoms with van der Waals surface area (Å²) in [5.74, 6) is -0.253. The molecule has 1 aromatic carbocycles. The molecule has 0 unspecified atom stereocenters. The largest absolute Gasteiger partial charge is 0.322 e. The van der Waals surface area contributed by atoms with Crippen LogP contribution < -0.4 is 10.9 Å². The summed E-state index contributed by atoms with van der Waals surface area (Å²) in [4.78, 5) is 31.3. The minimum absolute atomic E-state index is 0.0354. The summed E-state index contributed by atoms with van der Waals surface area (Å²) in [6.45, 7) is 3.75. The van der Waals surface area contributed by atoms with Crippen LogP contribution in [0.5, 0.6) is 0 Å². The number of amides is 1. The number of fused-ring (bicyclic) bond motifs is 1. The summed E-state index contributed by atoms with van der Waals surface area (Å²) < 4.78 is 2.33. The molecule has 0 atom stereocenters. The Bertz CT molecular complexity index is 1110. The number of carbonyl (C=O) groups excluding carboxylic acids is 1. The molecule has 146 valence electrons. The Morgan fingerprint density at radius 3 is 2.71 bits per heavy atom. The lowest BCUT2D eigenvalue weighted by Gasteiger charge is -2.23. The lowest BCUT2D eigenvalue weighted by atomic mass is 9.95. The van der Waals surface area contributed by atoms with E-state index in [0.717, 1.165) is 36.1 Å². The summed E-state index contributed by atoms with van der Waals surface area (Å²) >= 11 is 7.35. The first-order valence-corrected chi connectivity index (χ1v) is 10.7. The summed E-state index contributed by atoms with van der Waals surface area (Å²) in [5.41, 5.74) is 2.51. The van der Waals surface area contributed by atoms with E-state index in [9.17, 15) is 9.59 Å². The fraction of sp³-hybridized carbons (Fsp3) is 0.381. The molecule has 1 saturated carbocycles. The van der Waals surface area contributed by atoms with Crippen LogP contribution in [0.25, 0.3) is 10.2 Å². The molecule has 1 aliphatic carbocycles. The van der Waals surface area contributed by atoms with E-state index in [2.05, 4.69) is 10.3 Å². The maximum atomic E-state index is 13.1. The Kier molecular flexibility index (Phi) is 5.25. The Labute approximate surface area is 172 Å². The highest BCUT2D eigenvalue weighted by atomic mass is 35.5. The van der Waals surface area contributed by atoms with Crippen LogP contribution in [-0.2, 0) is 0 Å². The molecule has 1 N–H and O–H groups in total. The monoisotopic (exact) mass is 415 g/mol.